The highest BCUT2D eigenvalue weighted by molar-refractivity contribution is 6.30. The Bertz CT molecular complexity index is 578. The number of hydrogen-bond donors (Lipinski definition) is 0. The van der Waals surface area contributed by atoms with Crippen LogP contribution in [0.2, 0.25) is 5.02 Å². The molecule has 0 aliphatic heterocycles. The molecule has 0 bridgehead atoms. The molecule has 0 saturated heterocycles. The molecule has 0 aromatic heterocycles. The summed E-state index contributed by atoms with van der Waals surface area (Å²) in [6.45, 7) is 6.09. The normalized spacial score (nSPS) is 23.0. The second-order valence-electron chi connectivity index (χ2n) is 7.15. The Morgan fingerprint density at radius 1 is 1.33 bits per heavy atom. The average molecular weight is 349 g/mol. The van der Waals surface area contributed by atoms with Crippen molar-refractivity contribution in [3.63, 3.8) is 0 Å². The summed E-state index contributed by atoms with van der Waals surface area (Å²) in [4.78, 5) is 7.87. The minimum atomic E-state index is 0.446. The van der Waals surface area contributed by atoms with Gasteiger partial charge in [0, 0.05) is 23.4 Å². The van der Waals surface area contributed by atoms with Crippen LogP contribution < -0.4 is 0 Å². The van der Waals surface area contributed by atoms with E-state index in [2.05, 4.69) is 44.1 Å². The first-order valence-electron chi connectivity index (χ1n) is 8.76. The SMILES string of the molecule is C[C@@H](CON=C1/C(=C/c2ccc(Cl)cc2)CCC[C@@H]1C)CN(C)C. The summed E-state index contributed by atoms with van der Waals surface area (Å²) in [5, 5.41) is 5.28. The van der Waals surface area contributed by atoms with Gasteiger partial charge < -0.3 is 9.74 Å². The molecule has 4 heteroatoms. The summed E-state index contributed by atoms with van der Waals surface area (Å²) in [6, 6.07) is 7.95. The maximum Gasteiger partial charge on any atom is 0.120 e. The molecule has 24 heavy (non-hydrogen) atoms. The largest absolute Gasteiger partial charge is 0.395 e. The van der Waals surface area contributed by atoms with Crippen LogP contribution in [0, 0.1) is 11.8 Å². The molecular weight excluding hydrogens is 320 g/mol. The van der Waals surface area contributed by atoms with E-state index in [4.69, 9.17) is 16.4 Å². The molecule has 1 saturated carbocycles. The maximum atomic E-state index is 5.97. The lowest BCUT2D eigenvalue weighted by Gasteiger charge is -2.23. The summed E-state index contributed by atoms with van der Waals surface area (Å²) < 4.78 is 0. The number of hydrogen-bond acceptors (Lipinski definition) is 3. The van der Waals surface area contributed by atoms with Gasteiger partial charge in [-0.15, -0.1) is 0 Å². The van der Waals surface area contributed by atoms with Crippen molar-refractivity contribution in [2.24, 2.45) is 17.0 Å². The van der Waals surface area contributed by atoms with Crippen molar-refractivity contribution in [3.8, 4) is 0 Å². The molecule has 0 amide bonds. The van der Waals surface area contributed by atoms with Crippen molar-refractivity contribution in [1.82, 2.24) is 4.90 Å². The molecule has 0 unspecified atom stereocenters. The van der Waals surface area contributed by atoms with Crippen LogP contribution in [0.4, 0.5) is 0 Å². The lowest BCUT2D eigenvalue weighted by atomic mass is 9.84. The van der Waals surface area contributed by atoms with E-state index in [1.54, 1.807) is 0 Å². The molecule has 0 spiro atoms. The molecule has 132 valence electrons. The predicted octanol–water partition coefficient (Wildman–Crippen LogP) is 5.11. The number of allylic oxidation sites excluding steroid dienone is 1. The van der Waals surface area contributed by atoms with Crippen LogP contribution in [0.3, 0.4) is 0 Å². The van der Waals surface area contributed by atoms with Gasteiger partial charge in [0.05, 0.1) is 5.71 Å². The fourth-order valence-corrected chi connectivity index (χ4v) is 3.27. The monoisotopic (exact) mass is 348 g/mol. The molecule has 3 nitrogen and oxygen atoms in total. The molecule has 2 rings (SSSR count). The van der Waals surface area contributed by atoms with Crippen LogP contribution >= 0.6 is 11.6 Å². The smallest absolute Gasteiger partial charge is 0.120 e. The Balaban J connectivity index is 2.08. The van der Waals surface area contributed by atoms with Gasteiger partial charge in [0.2, 0.25) is 0 Å². The Labute approximate surface area is 151 Å². The lowest BCUT2D eigenvalue weighted by Crippen LogP contribution is -2.23. The minimum absolute atomic E-state index is 0.446. The van der Waals surface area contributed by atoms with E-state index < -0.39 is 0 Å². The number of oxime groups is 1. The molecule has 1 aliphatic carbocycles. The van der Waals surface area contributed by atoms with Crippen molar-refractivity contribution < 1.29 is 4.84 Å². The molecule has 1 aromatic carbocycles. The van der Waals surface area contributed by atoms with E-state index in [1.807, 2.05) is 24.3 Å². The van der Waals surface area contributed by atoms with Crippen molar-refractivity contribution in [3.05, 3.63) is 40.4 Å². The Hall–Kier alpha value is -1.32. The fraction of sp³-hybridized carbons (Fsp3) is 0.550. The van der Waals surface area contributed by atoms with E-state index in [0.29, 0.717) is 18.4 Å². The number of benzene rings is 1. The third-order valence-electron chi connectivity index (χ3n) is 4.29. The van der Waals surface area contributed by atoms with Crippen molar-refractivity contribution >= 4 is 23.4 Å². The maximum absolute atomic E-state index is 5.97. The van der Waals surface area contributed by atoms with E-state index in [1.165, 1.54) is 18.4 Å². The number of rotatable bonds is 6. The summed E-state index contributed by atoms with van der Waals surface area (Å²) in [7, 11) is 4.16. The third-order valence-corrected chi connectivity index (χ3v) is 4.54. The number of halogens is 1. The summed E-state index contributed by atoms with van der Waals surface area (Å²) in [6.07, 6.45) is 5.66. The quantitative estimate of drug-likeness (QED) is 0.667. The summed E-state index contributed by atoms with van der Waals surface area (Å²) >= 11 is 5.97. The Kier molecular flexibility index (Phi) is 7.32. The van der Waals surface area contributed by atoms with Gasteiger partial charge in [0.15, 0.2) is 0 Å². The molecule has 1 fully saturated rings. The number of nitrogens with zero attached hydrogens (tertiary/aromatic N) is 2. The topological polar surface area (TPSA) is 24.8 Å². The standard InChI is InChI=1S/C20H29ClN2O/c1-15(13-23(3)4)14-24-22-20-16(2)6-5-7-18(20)12-17-8-10-19(21)11-9-17/h8-12,15-16H,5-7,13-14H2,1-4H3/b18-12+,22-20?/t15-,16+/m1/s1. The second-order valence-corrected chi connectivity index (χ2v) is 7.59. The first kappa shape index (κ1) is 19.0. The Morgan fingerprint density at radius 2 is 2.04 bits per heavy atom. The molecule has 1 aromatic rings. The summed E-state index contributed by atoms with van der Waals surface area (Å²) in [5.41, 5.74) is 3.56. The van der Waals surface area contributed by atoms with Crippen LogP contribution in [-0.2, 0) is 4.84 Å². The second kappa shape index (κ2) is 9.24. The van der Waals surface area contributed by atoms with Crippen molar-refractivity contribution in [1.29, 1.82) is 0 Å². The van der Waals surface area contributed by atoms with Gasteiger partial charge >= 0.3 is 0 Å². The first-order chi connectivity index (χ1) is 11.5. The zero-order chi connectivity index (χ0) is 17.5. The average Bonchev–Trinajstić information content (AvgIpc) is 2.51. The highest BCUT2D eigenvalue weighted by Crippen LogP contribution is 2.28. The molecule has 0 heterocycles. The summed E-state index contributed by atoms with van der Waals surface area (Å²) in [5.74, 6) is 0.911. The van der Waals surface area contributed by atoms with E-state index in [9.17, 15) is 0 Å². The zero-order valence-electron chi connectivity index (χ0n) is 15.3. The molecule has 1 aliphatic rings. The highest BCUT2D eigenvalue weighted by atomic mass is 35.5. The highest BCUT2D eigenvalue weighted by Gasteiger charge is 2.21. The van der Waals surface area contributed by atoms with Gasteiger partial charge in [0.25, 0.3) is 0 Å². The van der Waals surface area contributed by atoms with Crippen LogP contribution in [0.25, 0.3) is 6.08 Å². The minimum Gasteiger partial charge on any atom is -0.395 e. The van der Waals surface area contributed by atoms with Crippen molar-refractivity contribution in [2.75, 3.05) is 27.2 Å². The molecule has 0 N–H and O–H groups in total. The van der Waals surface area contributed by atoms with Gasteiger partial charge in [-0.2, -0.15) is 0 Å². The fourth-order valence-electron chi connectivity index (χ4n) is 3.14. The van der Waals surface area contributed by atoms with E-state index >= 15 is 0 Å². The van der Waals surface area contributed by atoms with Crippen molar-refractivity contribution in [2.45, 2.75) is 33.1 Å². The van der Waals surface area contributed by atoms with Crippen LogP contribution in [0.15, 0.2) is 35.0 Å². The third kappa shape index (κ3) is 5.95. The lowest BCUT2D eigenvalue weighted by molar-refractivity contribution is 0.100. The van der Waals surface area contributed by atoms with Crippen LogP contribution in [0.5, 0.6) is 0 Å². The molecule has 2 atom stereocenters. The van der Waals surface area contributed by atoms with Gasteiger partial charge in [-0.25, -0.2) is 0 Å². The van der Waals surface area contributed by atoms with Gasteiger partial charge in [-0.3, -0.25) is 0 Å². The van der Waals surface area contributed by atoms with E-state index in [-0.39, 0.29) is 0 Å². The van der Waals surface area contributed by atoms with Gasteiger partial charge in [-0.05, 0) is 62.7 Å². The van der Waals surface area contributed by atoms with Gasteiger partial charge in [0.1, 0.15) is 6.61 Å². The zero-order valence-corrected chi connectivity index (χ0v) is 16.0. The van der Waals surface area contributed by atoms with Crippen LogP contribution in [-0.4, -0.2) is 37.9 Å². The van der Waals surface area contributed by atoms with Gasteiger partial charge in [-0.1, -0.05) is 42.7 Å². The van der Waals surface area contributed by atoms with E-state index in [0.717, 1.165) is 29.3 Å². The molecule has 0 radical (unpaired) electrons. The van der Waals surface area contributed by atoms with Crippen LogP contribution in [0.1, 0.15) is 38.7 Å². The molecular formula is C20H29ClN2O. The predicted molar refractivity (Wildman–Crippen MR) is 104 cm³/mol. The first-order valence-corrected chi connectivity index (χ1v) is 9.14. The Morgan fingerprint density at radius 3 is 2.71 bits per heavy atom.